The summed E-state index contributed by atoms with van der Waals surface area (Å²) in [6.45, 7) is 4.09. The Morgan fingerprint density at radius 3 is 2.31 bits per heavy atom. The summed E-state index contributed by atoms with van der Waals surface area (Å²) in [7, 11) is 0. The van der Waals surface area contributed by atoms with E-state index in [4.69, 9.17) is 0 Å². The number of carbonyl (C=O) groups is 2. The Labute approximate surface area is 167 Å². The van der Waals surface area contributed by atoms with E-state index in [1.807, 2.05) is 13.8 Å². The molecule has 0 saturated heterocycles. The van der Waals surface area contributed by atoms with Gasteiger partial charge in [-0.3, -0.25) is 25.0 Å². The van der Waals surface area contributed by atoms with E-state index in [2.05, 4.69) is 10.3 Å². The summed E-state index contributed by atoms with van der Waals surface area (Å²) in [5, 5.41) is 32.4. The molecule has 0 radical (unpaired) electrons. The molecule has 1 heterocycles. The number of non-ortho nitro benzene ring substituents is 1. The standard InChI is InChI=1S/C19H24N4O6/c1-12(2)7-16(18(24)25)21-17(19(26)27)8-15-9-20-11-22(15)10-13-3-5-14(6-4-13)23(28)29/h3-6,9,11-12,16-17,21H,7-8,10H2,1-2H3,(H,24,25)(H,26,27). The third kappa shape index (κ3) is 6.39. The van der Waals surface area contributed by atoms with Crippen LogP contribution in [0.15, 0.2) is 36.8 Å². The number of aliphatic carboxylic acids is 2. The molecule has 0 fully saturated rings. The molecule has 10 heteroatoms. The minimum atomic E-state index is -1.15. The zero-order valence-electron chi connectivity index (χ0n) is 16.2. The van der Waals surface area contributed by atoms with Crippen LogP contribution in [0, 0.1) is 16.0 Å². The van der Waals surface area contributed by atoms with Gasteiger partial charge in [-0.25, -0.2) is 4.98 Å². The van der Waals surface area contributed by atoms with Crippen molar-refractivity contribution in [3.05, 3.63) is 58.2 Å². The largest absolute Gasteiger partial charge is 0.480 e. The third-order valence-corrected chi connectivity index (χ3v) is 4.42. The van der Waals surface area contributed by atoms with Crippen molar-refractivity contribution in [2.75, 3.05) is 0 Å². The SMILES string of the molecule is CC(C)CC(NC(Cc1cncn1Cc1ccc([N+](=O)[O-])cc1)C(=O)O)C(=O)O. The number of carboxylic acid groups (broad SMARTS) is 2. The average molecular weight is 404 g/mol. The first-order valence-corrected chi connectivity index (χ1v) is 9.11. The van der Waals surface area contributed by atoms with Gasteiger partial charge in [0.25, 0.3) is 5.69 Å². The Morgan fingerprint density at radius 2 is 1.79 bits per heavy atom. The predicted molar refractivity (Wildman–Crippen MR) is 104 cm³/mol. The Kier molecular flexibility index (Phi) is 7.43. The maximum absolute atomic E-state index is 11.7. The van der Waals surface area contributed by atoms with Crippen LogP contribution < -0.4 is 5.32 Å². The molecule has 0 aliphatic rings. The number of nitro groups is 1. The molecule has 0 spiro atoms. The van der Waals surface area contributed by atoms with Gasteiger partial charge in [-0.2, -0.15) is 0 Å². The van der Waals surface area contributed by atoms with Crippen LogP contribution in [0.2, 0.25) is 0 Å². The predicted octanol–water partition coefficient (Wildman–Crippen LogP) is 1.92. The molecule has 0 saturated carbocycles. The maximum Gasteiger partial charge on any atom is 0.321 e. The molecule has 2 atom stereocenters. The molecular formula is C19H24N4O6. The summed E-state index contributed by atoms with van der Waals surface area (Å²) in [5.74, 6) is -2.15. The first-order chi connectivity index (χ1) is 13.7. The summed E-state index contributed by atoms with van der Waals surface area (Å²) in [6.07, 6.45) is 3.42. The lowest BCUT2D eigenvalue weighted by atomic mass is 10.0. The van der Waals surface area contributed by atoms with Crippen molar-refractivity contribution >= 4 is 17.6 Å². The van der Waals surface area contributed by atoms with Crippen LogP contribution in [0.3, 0.4) is 0 Å². The number of hydrogen-bond donors (Lipinski definition) is 3. The van der Waals surface area contributed by atoms with Crippen LogP contribution in [0.5, 0.6) is 0 Å². The van der Waals surface area contributed by atoms with E-state index in [1.54, 1.807) is 23.0 Å². The number of benzene rings is 1. The summed E-state index contributed by atoms with van der Waals surface area (Å²) in [4.78, 5) is 37.5. The normalized spacial score (nSPS) is 13.2. The number of imidazole rings is 1. The zero-order valence-corrected chi connectivity index (χ0v) is 16.2. The van der Waals surface area contributed by atoms with Crippen molar-refractivity contribution in [1.82, 2.24) is 14.9 Å². The van der Waals surface area contributed by atoms with E-state index >= 15 is 0 Å². The van der Waals surface area contributed by atoms with Gasteiger partial charge in [0.2, 0.25) is 0 Å². The summed E-state index contributed by atoms with van der Waals surface area (Å²) in [5.41, 5.74) is 1.38. The monoisotopic (exact) mass is 404 g/mol. The van der Waals surface area contributed by atoms with Crippen LogP contribution in [-0.4, -0.2) is 48.7 Å². The Hall–Kier alpha value is -3.27. The number of aromatic nitrogens is 2. The van der Waals surface area contributed by atoms with E-state index in [0.29, 0.717) is 18.7 Å². The van der Waals surface area contributed by atoms with Crippen LogP contribution in [0.1, 0.15) is 31.5 Å². The molecule has 0 amide bonds. The third-order valence-electron chi connectivity index (χ3n) is 4.42. The molecule has 3 N–H and O–H groups in total. The molecule has 156 valence electrons. The van der Waals surface area contributed by atoms with E-state index in [1.165, 1.54) is 18.3 Å². The molecule has 2 unspecified atom stereocenters. The summed E-state index contributed by atoms with van der Waals surface area (Å²) in [6, 6.07) is 3.98. The number of rotatable bonds is 11. The Balaban J connectivity index is 2.13. The quantitative estimate of drug-likeness (QED) is 0.380. The highest BCUT2D eigenvalue weighted by Crippen LogP contribution is 2.15. The second kappa shape index (κ2) is 9.78. The van der Waals surface area contributed by atoms with Gasteiger partial charge in [0.15, 0.2) is 0 Å². The highest BCUT2D eigenvalue weighted by atomic mass is 16.6. The summed E-state index contributed by atoms with van der Waals surface area (Å²) < 4.78 is 1.73. The van der Waals surface area contributed by atoms with Crippen molar-refractivity contribution in [3.63, 3.8) is 0 Å². The number of nitrogens with one attached hydrogen (secondary N) is 1. The van der Waals surface area contributed by atoms with E-state index < -0.39 is 28.9 Å². The van der Waals surface area contributed by atoms with Crippen molar-refractivity contribution in [1.29, 1.82) is 0 Å². The fraction of sp³-hybridized carbons (Fsp3) is 0.421. The molecule has 1 aromatic carbocycles. The van der Waals surface area contributed by atoms with Gasteiger partial charge in [-0.05, 0) is 17.9 Å². The minimum Gasteiger partial charge on any atom is -0.480 e. The molecule has 29 heavy (non-hydrogen) atoms. The van der Waals surface area contributed by atoms with Crippen LogP contribution in [-0.2, 0) is 22.6 Å². The molecule has 10 nitrogen and oxygen atoms in total. The van der Waals surface area contributed by atoms with Gasteiger partial charge < -0.3 is 14.8 Å². The van der Waals surface area contributed by atoms with Gasteiger partial charge in [0.05, 0.1) is 11.3 Å². The van der Waals surface area contributed by atoms with Gasteiger partial charge in [-0.15, -0.1) is 0 Å². The lowest BCUT2D eigenvalue weighted by molar-refractivity contribution is -0.384. The lowest BCUT2D eigenvalue weighted by Crippen LogP contribution is -2.49. The van der Waals surface area contributed by atoms with Gasteiger partial charge >= 0.3 is 11.9 Å². The number of nitrogens with zero attached hydrogens (tertiary/aromatic N) is 3. The van der Waals surface area contributed by atoms with Gasteiger partial charge in [0, 0.05) is 37.0 Å². The molecule has 0 aliphatic heterocycles. The lowest BCUT2D eigenvalue weighted by Gasteiger charge is -2.22. The number of carboxylic acids is 2. The van der Waals surface area contributed by atoms with Crippen LogP contribution >= 0.6 is 0 Å². The number of hydrogen-bond acceptors (Lipinski definition) is 6. The van der Waals surface area contributed by atoms with Gasteiger partial charge in [0.1, 0.15) is 12.1 Å². The van der Waals surface area contributed by atoms with E-state index in [-0.39, 0.29) is 18.0 Å². The Bertz CT molecular complexity index is 862. The van der Waals surface area contributed by atoms with Crippen LogP contribution in [0.4, 0.5) is 5.69 Å². The van der Waals surface area contributed by atoms with Crippen molar-refractivity contribution in [3.8, 4) is 0 Å². The minimum absolute atomic E-state index is 0.0142. The molecule has 1 aromatic heterocycles. The molecule has 2 aromatic rings. The van der Waals surface area contributed by atoms with Gasteiger partial charge in [-0.1, -0.05) is 26.0 Å². The average Bonchev–Trinajstić information content (AvgIpc) is 3.07. The van der Waals surface area contributed by atoms with E-state index in [0.717, 1.165) is 5.56 Å². The fourth-order valence-corrected chi connectivity index (χ4v) is 2.96. The Morgan fingerprint density at radius 1 is 1.17 bits per heavy atom. The first-order valence-electron chi connectivity index (χ1n) is 9.11. The van der Waals surface area contributed by atoms with E-state index in [9.17, 15) is 29.9 Å². The molecule has 0 bridgehead atoms. The second-order valence-corrected chi connectivity index (χ2v) is 7.22. The molecular weight excluding hydrogens is 380 g/mol. The highest BCUT2D eigenvalue weighted by molar-refractivity contribution is 5.77. The van der Waals surface area contributed by atoms with Crippen LogP contribution in [0.25, 0.3) is 0 Å². The number of nitro benzene ring substituents is 1. The summed E-state index contributed by atoms with van der Waals surface area (Å²) >= 11 is 0. The second-order valence-electron chi connectivity index (χ2n) is 7.22. The fourth-order valence-electron chi connectivity index (χ4n) is 2.96. The zero-order chi connectivity index (χ0) is 21.6. The van der Waals surface area contributed by atoms with Crippen molar-refractivity contribution in [2.45, 2.75) is 45.3 Å². The maximum atomic E-state index is 11.7. The molecule has 0 aliphatic carbocycles. The first kappa shape index (κ1) is 22.0. The van der Waals surface area contributed by atoms with Crippen molar-refractivity contribution < 1.29 is 24.7 Å². The highest BCUT2D eigenvalue weighted by Gasteiger charge is 2.27. The molecule has 2 rings (SSSR count). The topological polar surface area (TPSA) is 148 Å². The smallest absolute Gasteiger partial charge is 0.321 e. The van der Waals surface area contributed by atoms with Crippen molar-refractivity contribution in [2.24, 2.45) is 5.92 Å².